The van der Waals surface area contributed by atoms with E-state index in [2.05, 4.69) is 21.2 Å². The van der Waals surface area contributed by atoms with Gasteiger partial charge in [-0.25, -0.2) is 8.42 Å². The van der Waals surface area contributed by atoms with E-state index < -0.39 is 28.5 Å². The Morgan fingerprint density at radius 1 is 0.949 bits per heavy atom. The Morgan fingerprint density at radius 3 is 2.08 bits per heavy atom. The third-order valence-corrected chi connectivity index (χ3v) is 8.65. The van der Waals surface area contributed by atoms with E-state index in [1.54, 1.807) is 60.7 Å². The van der Waals surface area contributed by atoms with Crippen LogP contribution in [0, 0.1) is 6.92 Å². The predicted octanol–water partition coefficient (Wildman–Crippen LogP) is 5.94. The minimum Gasteiger partial charge on any atom is -0.352 e. The molecular formula is C29H33BrClN3O4S. The highest BCUT2D eigenvalue weighted by atomic mass is 79.9. The molecule has 0 aliphatic rings. The molecule has 0 aliphatic heterocycles. The van der Waals surface area contributed by atoms with Gasteiger partial charge in [-0.15, -0.1) is 0 Å². The number of sulfonamides is 1. The number of carbonyl (C=O) groups excluding carboxylic acids is 2. The number of halogens is 2. The highest BCUT2D eigenvalue weighted by Gasteiger charge is 2.33. The van der Waals surface area contributed by atoms with Crippen LogP contribution in [0.25, 0.3) is 0 Å². The largest absolute Gasteiger partial charge is 0.352 e. The summed E-state index contributed by atoms with van der Waals surface area (Å²) in [6.07, 6.45) is 0.348. The van der Waals surface area contributed by atoms with Crippen LogP contribution in [0.1, 0.15) is 38.3 Å². The SMILES string of the molecule is CC[C@H](C(=O)NC(C)C)N(Cc1ccc(Cl)cc1)C(=O)CN(c1ccc(Br)cc1)S(=O)(=O)c1ccc(C)cc1. The van der Waals surface area contributed by atoms with Crippen molar-refractivity contribution in [1.82, 2.24) is 10.2 Å². The molecule has 0 spiro atoms. The fourth-order valence-corrected chi connectivity index (χ4v) is 5.86. The third-order valence-electron chi connectivity index (χ3n) is 6.09. The normalized spacial score (nSPS) is 12.2. The van der Waals surface area contributed by atoms with Crippen molar-refractivity contribution in [2.24, 2.45) is 0 Å². The van der Waals surface area contributed by atoms with Crippen LogP contribution in [0.5, 0.6) is 0 Å². The summed E-state index contributed by atoms with van der Waals surface area (Å²) >= 11 is 9.43. The van der Waals surface area contributed by atoms with Gasteiger partial charge in [-0.05, 0) is 81.3 Å². The zero-order chi connectivity index (χ0) is 28.7. The molecule has 0 fully saturated rings. The minimum atomic E-state index is -4.11. The average Bonchev–Trinajstić information content (AvgIpc) is 2.88. The third kappa shape index (κ3) is 8.06. The van der Waals surface area contributed by atoms with Crippen molar-refractivity contribution in [2.75, 3.05) is 10.8 Å². The summed E-state index contributed by atoms with van der Waals surface area (Å²) in [6.45, 7) is 7.00. The summed E-state index contributed by atoms with van der Waals surface area (Å²) in [4.78, 5) is 28.7. The van der Waals surface area contributed by atoms with E-state index in [1.807, 2.05) is 27.7 Å². The molecule has 0 saturated carbocycles. The molecule has 2 amide bonds. The quantitative estimate of drug-likeness (QED) is 0.283. The summed E-state index contributed by atoms with van der Waals surface area (Å²) < 4.78 is 29.6. The molecule has 39 heavy (non-hydrogen) atoms. The van der Waals surface area contributed by atoms with Crippen LogP contribution in [0.15, 0.2) is 82.2 Å². The van der Waals surface area contributed by atoms with E-state index in [0.717, 1.165) is 19.9 Å². The smallest absolute Gasteiger partial charge is 0.264 e. The van der Waals surface area contributed by atoms with Gasteiger partial charge in [0.15, 0.2) is 0 Å². The lowest BCUT2D eigenvalue weighted by Gasteiger charge is -2.33. The Balaban J connectivity index is 2.05. The number of amides is 2. The number of aryl methyl sites for hydroxylation is 1. The lowest BCUT2D eigenvalue weighted by molar-refractivity contribution is -0.140. The number of rotatable bonds is 11. The van der Waals surface area contributed by atoms with E-state index in [0.29, 0.717) is 17.1 Å². The highest BCUT2D eigenvalue weighted by molar-refractivity contribution is 9.10. The van der Waals surface area contributed by atoms with Gasteiger partial charge in [-0.2, -0.15) is 0 Å². The second-order valence-corrected chi connectivity index (χ2v) is 12.8. The summed E-state index contributed by atoms with van der Waals surface area (Å²) in [5.41, 5.74) is 2.01. The Hall–Kier alpha value is -2.88. The van der Waals surface area contributed by atoms with E-state index in [1.165, 1.54) is 17.0 Å². The zero-order valence-electron chi connectivity index (χ0n) is 22.4. The molecule has 7 nitrogen and oxygen atoms in total. The van der Waals surface area contributed by atoms with Crippen LogP contribution in [-0.4, -0.2) is 43.8 Å². The van der Waals surface area contributed by atoms with Gasteiger partial charge in [0.2, 0.25) is 11.8 Å². The fourth-order valence-electron chi connectivity index (χ4n) is 4.06. The number of anilines is 1. The molecule has 3 aromatic carbocycles. The molecule has 0 radical (unpaired) electrons. The van der Waals surface area contributed by atoms with Gasteiger partial charge in [0.1, 0.15) is 12.6 Å². The van der Waals surface area contributed by atoms with Gasteiger partial charge in [0.05, 0.1) is 10.6 Å². The standard InChI is InChI=1S/C29H33BrClN3O4S/c1-5-27(29(36)32-20(2)3)33(18-22-8-12-24(31)13-9-22)28(35)19-34(25-14-10-23(30)11-15-25)39(37,38)26-16-6-21(4)7-17-26/h6-17,20,27H,5,18-19H2,1-4H3,(H,32,36)/t27-/m1/s1. The van der Waals surface area contributed by atoms with Crippen molar-refractivity contribution in [3.05, 3.63) is 93.4 Å². The molecule has 10 heteroatoms. The summed E-state index contributed by atoms with van der Waals surface area (Å²) in [6, 6.07) is 19.2. The minimum absolute atomic E-state index is 0.0673. The van der Waals surface area contributed by atoms with E-state index in [4.69, 9.17) is 11.6 Å². The first-order valence-corrected chi connectivity index (χ1v) is 15.2. The lowest BCUT2D eigenvalue weighted by Crippen LogP contribution is -2.53. The Labute approximate surface area is 244 Å². The number of hydrogen-bond acceptors (Lipinski definition) is 4. The molecule has 3 rings (SSSR count). The molecule has 3 aromatic rings. The van der Waals surface area contributed by atoms with Crippen molar-refractivity contribution in [3.8, 4) is 0 Å². The Morgan fingerprint density at radius 2 is 1.54 bits per heavy atom. The summed E-state index contributed by atoms with van der Waals surface area (Å²) in [5.74, 6) is -0.805. The molecule has 0 bridgehead atoms. The Bertz CT molecular complexity index is 1380. The van der Waals surface area contributed by atoms with Crippen molar-refractivity contribution < 1.29 is 18.0 Å². The van der Waals surface area contributed by atoms with Crippen LogP contribution < -0.4 is 9.62 Å². The van der Waals surface area contributed by atoms with E-state index in [9.17, 15) is 18.0 Å². The monoisotopic (exact) mass is 633 g/mol. The molecule has 0 aliphatic carbocycles. The van der Waals surface area contributed by atoms with E-state index >= 15 is 0 Å². The van der Waals surface area contributed by atoms with Gasteiger partial charge in [-0.1, -0.05) is 64.3 Å². The molecule has 0 heterocycles. The first kappa shape index (κ1) is 30.7. The number of hydrogen-bond donors (Lipinski definition) is 1. The fraction of sp³-hybridized carbons (Fsp3) is 0.310. The highest BCUT2D eigenvalue weighted by Crippen LogP contribution is 2.26. The molecule has 1 N–H and O–H groups in total. The second kappa shape index (κ2) is 13.5. The van der Waals surface area contributed by atoms with Gasteiger partial charge < -0.3 is 10.2 Å². The van der Waals surface area contributed by atoms with Gasteiger partial charge in [0.25, 0.3) is 10.0 Å². The Kier molecular flexibility index (Phi) is 10.6. The number of nitrogens with zero attached hydrogens (tertiary/aromatic N) is 2. The van der Waals surface area contributed by atoms with Crippen LogP contribution in [0.4, 0.5) is 5.69 Å². The predicted molar refractivity (Wildman–Crippen MR) is 159 cm³/mol. The van der Waals surface area contributed by atoms with Gasteiger partial charge in [-0.3, -0.25) is 13.9 Å². The molecule has 0 saturated heterocycles. The molecule has 1 atom stereocenters. The maximum absolute atomic E-state index is 14.0. The van der Waals surface area contributed by atoms with Crippen molar-refractivity contribution in [2.45, 2.75) is 57.6 Å². The number of carbonyl (C=O) groups is 2. The first-order chi connectivity index (χ1) is 18.4. The van der Waals surface area contributed by atoms with Crippen molar-refractivity contribution in [1.29, 1.82) is 0 Å². The molecular weight excluding hydrogens is 602 g/mol. The zero-order valence-corrected chi connectivity index (χ0v) is 25.6. The second-order valence-electron chi connectivity index (χ2n) is 9.54. The molecule has 0 aromatic heterocycles. The van der Waals surface area contributed by atoms with Crippen molar-refractivity contribution in [3.63, 3.8) is 0 Å². The lowest BCUT2D eigenvalue weighted by atomic mass is 10.1. The summed E-state index contributed by atoms with van der Waals surface area (Å²) in [7, 11) is -4.11. The topological polar surface area (TPSA) is 86.8 Å². The molecule has 208 valence electrons. The van der Waals surface area contributed by atoms with Crippen LogP contribution in [0.3, 0.4) is 0 Å². The number of benzene rings is 3. The average molecular weight is 635 g/mol. The molecule has 0 unspecified atom stereocenters. The van der Waals surface area contributed by atoms with Crippen LogP contribution >= 0.6 is 27.5 Å². The van der Waals surface area contributed by atoms with E-state index in [-0.39, 0.29) is 23.4 Å². The number of nitrogens with one attached hydrogen (secondary N) is 1. The summed E-state index contributed by atoms with van der Waals surface area (Å²) in [5, 5.41) is 3.43. The van der Waals surface area contributed by atoms with Crippen molar-refractivity contribution >= 4 is 55.1 Å². The first-order valence-electron chi connectivity index (χ1n) is 12.6. The van der Waals surface area contributed by atoms with Crippen LogP contribution in [-0.2, 0) is 26.2 Å². The maximum atomic E-state index is 14.0. The maximum Gasteiger partial charge on any atom is 0.264 e. The van der Waals surface area contributed by atoms with Crippen LogP contribution in [0.2, 0.25) is 5.02 Å². The van der Waals surface area contributed by atoms with Gasteiger partial charge in [0, 0.05) is 22.1 Å². The van der Waals surface area contributed by atoms with Gasteiger partial charge >= 0.3 is 0 Å².